The molecule has 36 heavy (non-hydrogen) atoms. The third-order valence-corrected chi connectivity index (χ3v) is 6.53. The molecule has 2 heteroatoms. The van der Waals surface area contributed by atoms with Crippen molar-refractivity contribution < 1.29 is 0 Å². The first-order chi connectivity index (χ1) is 17.9. The van der Waals surface area contributed by atoms with Crippen molar-refractivity contribution in [3.05, 3.63) is 115 Å². The molecule has 0 aliphatic rings. The third-order valence-electron chi connectivity index (χ3n) is 6.53. The maximum Gasteiger partial charge on any atom is 0.0541 e. The van der Waals surface area contributed by atoms with Crippen molar-refractivity contribution in [2.75, 3.05) is 0 Å². The van der Waals surface area contributed by atoms with Crippen LogP contribution in [0.3, 0.4) is 0 Å². The van der Waals surface area contributed by atoms with E-state index in [9.17, 15) is 0 Å². The zero-order chi connectivity index (χ0) is 25.1. The van der Waals surface area contributed by atoms with Crippen molar-refractivity contribution in [2.45, 2.75) is 27.7 Å². The van der Waals surface area contributed by atoms with Gasteiger partial charge in [0.2, 0.25) is 0 Å². The maximum absolute atomic E-state index is 3.58. The fraction of sp³-hybridized carbons (Fsp3) is 0.118. The van der Waals surface area contributed by atoms with Crippen molar-refractivity contribution in [1.29, 1.82) is 0 Å². The summed E-state index contributed by atoms with van der Waals surface area (Å²) in [4.78, 5) is 3.58. The Labute approximate surface area is 212 Å². The Hall–Kier alpha value is -4.30. The van der Waals surface area contributed by atoms with Gasteiger partial charge in [0.15, 0.2) is 0 Å². The molecule has 2 nitrogen and oxygen atoms in total. The van der Waals surface area contributed by atoms with Crippen molar-refractivity contribution in [3.8, 4) is 16.8 Å². The summed E-state index contributed by atoms with van der Waals surface area (Å²) in [5.74, 6) is 0. The van der Waals surface area contributed by atoms with Crippen LogP contribution in [0.4, 0.5) is 0 Å². The van der Waals surface area contributed by atoms with E-state index in [1.807, 2.05) is 27.7 Å². The molecule has 178 valence electrons. The molecule has 2 heterocycles. The standard InChI is InChI=1S/C30H20N2.2C2H6/c1-2-8-22(9-3-1)32-29-13-7-5-11-25(29)26-18-20(15-17-30(26)32)21-14-16-24-23-10-4-6-12-27(23)31-28(24)19-21;2*1-2/h1-19,31H;2*1-2H3. The summed E-state index contributed by atoms with van der Waals surface area (Å²) in [5.41, 5.74) is 8.46. The average Bonchev–Trinajstić information content (AvgIpc) is 3.50. The number of H-pyrrole nitrogens is 1. The van der Waals surface area contributed by atoms with E-state index in [0.29, 0.717) is 0 Å². The number of hydrogen-bond donors (Lipinski definition) is 1. The Morgan fingerprint density at radius 1 is 0.444 bits per heavy atom. The van der Waals surface area contributed by atoms with Gasteiger partial charge in [-0.15, -0.1) is 0 Å². The highest BCUT2D eigenvalue weighted by atomic mass is 15.0. The van der Waals surface area contributed by atoms with Crippen LogP contribution in [-0.4, -0.2) is 9.55 Å². The van der Waals surface area contributed by atoms with Crippen LogP contribution in [0.2, 0.25) is 0 Å². The van der Waals surface area contributed by atoms with Crippen LogP contribution in [0.15, 0.2) is 115 Å². The predicted molar refractivity (Wildman–Crippen MR) is 158 cm³/mol. The smallest absolute Gasteiger partial charge is 0.0541 e. The first-order valence-electron chi connectivity index (χ1n) is 13.0. The number of aromatic amines is 1. The highest BCUT2D eigenvalue weighted by Gasteiger charge is 2.13. The number of hydrogen-bond acceptors (Lipinski definition) is 0. The predicted octanol–water partition coefficient (Wildman–Crippen LogP) is 10.1. The Morgan fingerprint density at radius 3 is 1.83 bits per heavy atom. The van der Waals surface area contributed by atoms with E-state index in [-0.39, 0.29) is 0 Å². The molecule has 0 saturated heterocycles. The Balaban J connectivity index is 0.000000637. The van der Waals surface area contributed by atoms with Crippen LogP contribution in [-0.2, 0) is 0 Å². The van der Waals surface area contributed by atoms with Gasteiger partial charge in [-0.1, -0.05) is 100 Å². The van der Waals surface area contributed by atoms with Crippen LogP contribution in [0, 0.1) is 0 Å². The van der Waals surface area contributed by atoms with Gasteiger partial charge in [0, 0.05) is 38.3 Å². The molecule has 0 bridgehead atoms. The number of nitrogens with zero attached hydrogens (tertiary/aromatic N) is 1. The summed E-state index contributed by atoms with van der Waals surface area (Å²) in [6.45, 7) is 8.00. The lowest BCUT2D eigenvalue weighted by Crippen LogP contribution is -1.92. The minimum absolute atomic E-state index is 1.18. The van der Waals surface area contributed by atoms with Crippen molar-refractivity contribution in [1.82, 2.24) is 9.55 Å². The summed E-state index contributed by atoms with van der Waals surface area (Å²) in [6, 6.07) is 41.3. The van der Waals surface area contributed by atoms with Crippen LogP contribution >= 0.6 is 0 Å². The van der Waals surface area contributed by atoms with E-state index in [0.717, 1.165) is 0 Å². The van der Waals surface area contributed by atoms with Crippen LogP contribution < -0.4 is 0 Å². The summed E-state index contributed by atoms with van der Waals surface area (Å²) in [6.07, 6.45) is 0. The molecule has 5 aromatic carbocycles. The topological polar surface area (TPSA) is 20.7 Å². The first kappa shape index (κ1) is 23.4. The van der Waals surface area contributed by atoms with Crippen LogP contribution in [0.1, 0.15) is 27.7 Å². The molecule has 0 amide bonds. The Kier molecular flexibility index (Phi) is 6.60. The fourth-order valence-electron chi connectivity index (χ4n) is 5.04. The second kappa shape index (κ2) is 10.1. The molecule has 0 aliphatic heterocycles. The summed E-state index contributed by atoms with van der Waals surface area (Å²) >= 11 is 0. The minimum Gasteiger partial charge on any atom is -0.354 e. The number of rotatable bonds is 2. The van der Waals surface area contributed by atoms with E-state index in [2.05, 4.69) is 125 Å². The van der Waals surface area contributed by atoms with Gasteiger partial charge >= 0.3 is 0 Å². The molecule has 7 rings (SSSR count). The highest BCUT2D eigenvalue weighted by Crippen LogP contribution is 2.36. The molecule has 0 fully saturated rings. The van der Waals surface area contributed by atoms with Gasteiger partial charge in [-0.25, -0.2) is 0 Å². The Morgan fingerprint density at radius 2 is 1.03 bits per heavy atom. The van der Waals surface area contributed by atoms with E-state index in [1.54, 1.807) is 0 Å². The number of para-hydroxylation sites is 3. The first-order valence-corrected chi connectivity index (χ1v) is 13.0. The zero-order valence-corrected chi connectivity index (χ0v) is 21.4. The van der Waals surface area contributed by atoms with Gasteiger partial charge in [-0.05, 0) is 53.6 Å². The maximum atomic E-state index is 3.58. The van der Waals surface area contributed by atoms with Gasteiger partial charge < -0.3 is 9.55 Å². The normalized spacial score (nSPS) is 10.8. The number of fused-ring (bicyclic) bond motifs is 6. The van der Waals surface area contributed by atoms with Crippen molar-refractivity contribution >= 4 is 43.6 Å². The molecular weight excluding hydrogens is 436 g/mol. The van der Waals surface area contributed by atoms with Gasteiger partial charge in [-0.2, -0.15) is 0 Å². The van der Waals surface area contributed by atoms with E-state index < -0.39 is 0 Å². The lowest BCUT2D eigenvalue weighted by Gasteiger charge is -2.08. The van der Waals surface area contributed by atoms with Crippen LogP contribution in [0.5, 0.6) is 0 Å². The SMILES string of the molecule is CC.CC.c1ccc(-n2c3ccccc3c3cc(-c4ccc5c(c4)[nH]c4ccccc45)ccc32)cc1. The monoisotopic (exact) mass is 468 g/mol. The summed E-state index contributed by atoms with van der Waals surface area (Å²) < 4.78 is 2.36. The molecule has 1 N–H and O–H groups in total. The lowest BCUT2D eigenvalue weighted by atomic mass is 10.0. The Bertz CT molecular complexity index is 1770. The molecule has 2 aromatic heterocycles. The van der Waals surface area contributed by atoms with Gasteiger partial charge in [0.25, 0.3) is 0 Å². The van der Waals surface area contributed by atoms with Crippen molar-refractivity contribution in [2.24, 2.45) is 0 Å². The largest absolute Gasteiger partial charge is 0.354 e. The minimum atomic E-state index is 1.18. The van der Waals surface area contributed by atoms with E-state index >= 15 is 0 Å². The second-order valence-corrected chi connectivity index (χ2v) is 8.35. The van der Waals surface area contributed by atoms with Gasteiger partial charge in [-0.3, -0.25) is 0 Å². The number of aromatic nitrogens is 2. The molecular formula is C34H32N2. The molecule has 0 saturated carbocycles. The average molecular weight is 469 g/mol. The van der Waals surface area contributed by atoms with Crippen molar-refractivity contribution in [3.63, 3.8) is 0 Å². The highest BCUT2D eigenvalue weighted by molar-refractivity contribution is 6.11. The second-order valence-electron chi connectivity index (χ2n) is 8.35. The number of benzene rings is 5. The molecule has 0 unspecified atom stereocenters. The molecule has 0 aliphatic carbocycles. The number of nitrogens with one attached hydrogen (secondary N) is 1. The van der Waals surface area contributed by atoms with E-state index in [1.165, 1.54) is 60.4 Å². The fourth-order valence-corrected chi connectivity index (χ4v) is 5.04. The van der Waals surface area contributed by atoms with Crippen LogP contribution in [0.25, 0.3) is 60.4 Å². The summed E-state index contributed by atoms with van der Waals surface area (Å²) in [5, 5.41) is 5.10. The molecule has 0 radical (unpaired) electrons. The summed E-state index contributed by atoms with van der Waals surface area (Å²) in [7, 11) is 0. The molecule has 0 spiro atoms. The molecule has 0 atom stereocenters. The molecule has 7 aromatic rings. The third kappa shape index (κ3) is 3.85. The van der Waals surface area contributed by atoms with Gasteiger partial charge in [0.05, 0.1) is 11.0 Å². The quantitative estimate of drug-likeness (QED) is 0.260. The van der Waals surface area contributed by atoms with Gasteiger partial charge in [0.1, 0.15) is 0 Å². The lowest BCUT2D eigenvalue weighted by molar-refractivity contribution is 1.18. The van der Waals surface area contributed by atoms with E-state index in [4.69, 9.17) is 0 Å². The zero-order valence-electron chi connectivity index (χ0n) is 21.4.